The van der Waals surface area contributed by atoms with E-state index < -0.39 is 0 Å². The van der Waals surface area contributed by atoms with E-state index in [2.05, 4.69) is 25.2 Å². The zero-order valence-corrected chi connectivity index (χ0v) is 8.27. The fourth-order valence-electron chi connectivity index (χ4n) is 1.21. The first-order chi connectivity index (χ1) is 5.85. The first-order valence-electron chi connectivity index (χ1n) is 4.95. The van der Waals surface area contributed by atoms with Gasteiger partial charge in [-0.1, -0.05) is 13.8 Å². The third kappa shape index (κ3) is 6.18. The van der Waals surface area contributed by atoms with Crippen molar-refractivity contribution in [3.63, 3.8) is 0 Å². The number of nitriles is 1. The van der Waals surface area contributed by atoms with E-state index in [0.717, 1.165) is 19.4 Å². The van der Waals surface area contributed by atoms with Crippen LogP contribution < -0.4 is 5.32 Å². The van der Waals surface area contributed by atoms with Gasteiger partial charge in [0.1, 0.15) is 0 Å². The molecule has 70 valence electrons. The van der Waals surface area contributed by atoms with Crippen LogP contribution >= 0.6 is 0 Å². The molecule has 1 N–H and O–H groups in total. The standard InChI is InChI=1S/C10H20N2/c1-3-10(4-2)12-9-7-5-6-8-11/h10,12H,3-7,9H2,1-2H3. The average molecular weight is 168 g/mol. The normalized spacial score (nSPS) is 10.2. The molecule has 0 radical (unpaired) electrons. The minimum Gasteiger partial charge on any atom is -0.314 e. The fourth-order valence-corrected chi connectivity index (χ4v) is 1.21. The molecular weight excluding hydrogens is 148 g/mol. The average Bonchev–Trinajstić information content (AvgIpc) is 2.11. The summed E-state index contributed by atoms with van der Waals surface area (Å²) in [6.45, 7) is 5.47. The van der Waals surface area contributed by atoms with E-state index in [-0.39, 0.29) is 0 Å². The molecule has 12 heavy (non-hydrogen) atoms. The maximum atomic E-state index is 8.30. The summed E-state index contributed by atoms with van der Waals surface area (Å²) in [6.07, 6.45) is 5.27. The molecule has 0 aromatic heterocycles. The second-order valence-corrected chi connectivity index (χ2v) is 3.08. The van der Waals surface area contributed by atoms with Crippen LogP contribution in [-0.2, 0) is 0 Å². The van der Waals surface area contributed by atoms with Gasteiger partial charge in [-0.2, -0.15) is 5.26 Å². The van der Waals surface area contributed by atoms with Crippen LogP contribution in [0.2, 0.25) is 0 Å². The van der Waals surface area contributed by atoms with E-state index in [1.54, 1.807) is 0 Å². The highest BCUT2D eigenvalue weighted by atomic mass is 14.9. The van der Waals surface area contributed by atoms with Crippen LogP contribution in [0.15, 0.2) is 0 Å². The van der Waals surface area contributed by atoms with Gasteiger partial charge in [0.25, 0.3) is 0 Å². The van der Waals surface area contributed by atoms with E-state index in [1.165, 1.54) is 12.8 Å². The van der Waals surface area contributed by atoms with E-state index >= 15 is 0 Å². The third-order valence-electron chi connectivity index (χ3n) is 2.13. The molecule has 0 heterocycles. The van der Waals surface area contributed by atoms with E-state index in [0.29, 0.717) is 12.5 Å². The SMILES string of the molecule is CCC(CC)NCCCCC#N. The van der Waals surface area contributed by atoms with E-state index in [4.69, 9.17) is 5.26 Å². The molecule has 0 fully saturated rings. The first-order valence-corrected chi connectivity index (χ1v) is 4.95. The summed E-state index contributed by atoms with van der Waals surface area (Å²) in [7, 11) is 0. The quantitative estimate of drug-likeness (QED) is 0.593. The van der Waals surface area contributed by atoms with Crippen LogP contribution in [0.5, 0.6) is 0 Å². The number of hydrogen-bond donors (Lipinski definition) is 1. The molecule has 0 atom stereocenters. The van der Waals surface area contributed by atoms with E-state index in [1.807, 2.05) is 0 Å². The predicted molar refractivity (Wildman–Crippen MR) is 51.8 cm³/mol. The van der Waals surface area contributed by atoms with Crippen molar-refractivity contribution in [3.8, 4) is 6.07 Å². The van der Waals surface area contributed by atoms with Crippen molar-refractivity contribution in [2.45, 2.75) is 52.0 Å². The molecule has 0 aliphatic carbocycles. The maximum Gasteiger partial charge on any atom is 0.0621 e. The second kappa shape index (κ2) is 8.55. The first kappa shape index (κ1) is 11.4. The molecule has 0 rings (SSSR count). The molecule has 0 unspecified atom stereocenters. The van der Waals surface area contributed by atoms with Gasteiger partial charge in [-0.05, 0) is 32.2 Å². The van der Waals surface area contributed by atoms with Gasteiger partial charge in [0.2, 0.25) is 0 Å². The molecule has 0 aromatic rings. The van der Waals surface area contributed by atoms with Gasteiger partial charge in [-0.3, -0.25) is 0 Å². The highest BCUT2D eigenvalue weighted by Gasteiger charge is 1.99. The molecule has 2 nitrogen and oxygen atoms in total. The van der Waals surface area contributed by atoms with Crippen LogP contribution in [0.1, 0.15) is 46.0 Å². The van der Waals surface area contributed by atoms with E-state index in [9.17, 15) is 0 Å². The van der Waals surface area contributed by atoms with Crippen LogP contribution in [0.25, 0.3) is 0 Å². The molecule has 0 amide bonds. The lowest BCUT2D eigenvalue weighted by atomic mass is 10.1. The maximum absolute atomic E-state index is 8.30. The zero-order chi connectivity index (χ0) is 9.23. The molecule has 2 heteroatoms. The summed E-state index contributed by atoms with van der Waals surface area (Å²) in [6, 6.07) is 2.83. The summed E-state index contributed by atoms with van der Waals surface area (Å²) in [4.78, 5) is 0. The van der Waals surface area contributed by atoms with Crippen LogP contribution in [0, 0.1) is 11.3 Å². The third-order valence-corrected chi connectivity index (χ3v) is 2.13. The number of nitrogens with one attached hydrogen (secondary N) is 1. The van der Waals surface area contributed by atoms with Crippen molar-refractivity contribution in [2.75, 3.05) is 6.54 Å². The highest BCUT2D eigenvalue weighted by molar-refractivity contribution is 4.69. The Bertz CT molecular complexity index is 122. The van der Waals surface area contributed by atoms with Crippen molar-refractivity contribution in [3.05, 3.63) is 0 Å². The lowest BCUT2D eigenvalue weighted by Gasteiger charge is -2.13. The van der Waals surface area contributed by atoms with Crippen molar-refractivity contribution in [2.24, 2.45) is 0 Å². The topological polar surface area (TPSA) is 35.8 Å². The summed E-state index contributed by atoms with van der Waals surface area (Å²) in [5, 5.41) is 11.8. The minimum absolute atomic E-state index is 0.673. The van der Waals surface area contributed by atoms with Gasteiger partial charge in [0, 0.05) is 12.5 Å². The minimum atomic E-state index is 0.673. The predicted octanol–water partition coefficient (Wildman–Crippen LogP) is 2.46. The second-order valence-electron chi connectivity index (χ2n) is 3.08. The van der Waals surface area contributed by atoms with Gasteiger partial charge in [-0.15, -0.1) is 0 Å². The van der Waals surface area contributed by atoms with Gasteiger partial charge < -0.3 is 5.32 Å². The highest BCUT2D eigenvalue weighted by Crippen LogP contribution is 1.97. The molecule has 0 aliphatic rings. The Kier molecular flexibility index (Phi) is 8.15. The Morgan fingerprint density at radius 3 is 2.42 bits per heavy atom. The molecule has 0 saturated heterocycles. The smallest absolute Gasteiger partial charge is 0.0621 e. The fraction of sp³-hybridized carbons (Fsp3) is 0.900. The number of nitrogens with zero attached hydrogens (tertiary/aromatic N) is 1. The molecule has 0 bridgehead atoms. The molecule has 0 aliphatic heterocycles. The summed E-state index contributed by atoms with van der Waals surface area (Å²) in [5.41, 5.74) is 0. The Morgan fingerprint density at radius 1 is 1.25 bits per heavy atom. The Labute approximate surface area is 76.0 Å². The Morgan fingerprint density at radius 2 is 1.92 bits per heavy atom. The Hall–Kier alpha value is -0.550. The molecule has 0 spiro atoms. The van der Waals surface area contributed by atoms with Crippen LogP contribution in [-0.4, -0.2) is 12.6 Å². The van der Waals surface area contributed by atoms with Gasteiger partial charge >= 0.3 is 0 Å². The summed E-state index contributed by atoms with van der Waals surface area (Å²) in [5.74, 6) is 0. The van der Waals surface area contributed by atoms with Gasteiger partial charge in [0.05, 0.1) is 6.07 Å². The number of unbranched alkanes of at least 4 members (excludes halogenated alkanes) is 2. The largest absolute Gasteiger partial charge is 0.314 e. The lowest BCUT2D eigenvalue weighted by Crippen LogP contribution is -2.28. The van der Waals surface area contributed by atoms with Gasteiger partial charge in [-0.25, -0.2) is 0 Å². The van der Waals surface area contributed by atoms with Crippen molar-refractivity contribution in [1.82, 2.24) is 5.32 Å². The Balaban J connectivity index is 3.13. The van der Waals surface area contributed by atoms with Crippen LogP contribution in [0.3, 0.4) is 0 Å². The van der Waals surface area contributed by atoms with Crippen molar-refractivity contribution >= 4 is 0 Å². The zero-order valence-electron chi connectivity index (χ0n) is 8.27. The molecule has 0 saturated carbocycles. The number of hydrogen-bond acceptors (Lipinski definition) is 2. The van der Waals surface area contributed by atoms with Crippen molar-refractivity contribution in [1.29, 1.82) is 5.26 Å². The molecule has 0 aromatic carbocycles. The van der Waals surface area contributed by atoms with Crippen LogP contribution in [0.4, 0.5) is 0 Å². The summed E-state index contributed by atoms with van der Waals surface area (Å²) < 4.78 is 0. The molecular formula is C10H20N2. The number of rotatable bonds is 7. The lowest BCUT2D eigenvalue weighted by molar-refractivity contribution is 0.475. The van der Waals surface area contributed by atoms with Crippen molar-refractivity contribution < 1.29 is 0 Å². The van der Waals surface area contributed by atoms with Gasteiger partial charge in [0.15, 0.2) is 0 Å². The summed E-state index contributed by atoms with van der Waals surface area (Å²) >= 11 is 0. The monoisotopic (exact) mass is 168 g/mol.